The van der Waals surface area contributed by atoms with E-state index in [0.717, 1.165) is 16.7 Å². The van der Waals surface area contributed by atoms with Gasteiger partial charge in [-0.25, -0.2) is 0 Å². The number of hydrogen-bond donors (Lipinski definition) is 1. The van der Waals surface area contributed by atoms with E-state index < -0.39 is 18.4 Å². The van der Waals surface area contributed by atoms with Crippen molar-refractivity contribution in [1.29, 1.82) is 0 Å². The fraction of sp³-hybridized carbons (Fsp3) is 0.167. The fourth-order valence-corrected chi connectivity index (χ4v) is 3.76. The van der Waals surface area contributed by atoms with Gasteiger partial charge in [-0.3, -0.25) is 14.5 Å². The van der Waals surface area contributed by atoms with Crippen LogP contribution >= 0.6 is 24.0 Å². The van der Waals surface area contributed by atoms with Crippen molar-refractivity contribution >= 4 is 51.9 Å². The minimum Gasteiger partial charge on any atom is -0.494 e. The summed E-state index contributed by atoms with van der Waals surface area (Å²) >= 11 is 6.05. The molecule has 8 nitrogen and oxygen atoms in total. The molecule has 2 aromatic rings. The second-order valence-electron chi connectivity index (χ2n) is 5.57. The highest BCUT2D eigenvalue weighted by molar-refractivity contribution is 8.26. The molecule has 1 fully saturated rings. The molecule has 10 heteroatoms. The van der Waals surface area contributed by atoms with Gasteiger partial charge in [-0.1, -0.05) is 24.0 Å². The third-order valence-corrected chi connectivity index (χ3v) is 5.09. The fourth-order valence-electron chi connectivity index (χ4n) is 2.53. The first-order valence-electron chi connectivity index (χ1n) is 8.10. The molecule has 28 heavy (non-hydrogen) atoms. The van der Waals surface area contributed by atoms with Crippen molar-refractivity contribution in [2.24, 2.45) is 5.18 Å². The van der Waals surface area contributed by atoms with Gasteiger partial charge in [0.2, 0.25) is 0 Å². The van der Waals surface area contributed by atoms with Crippen molar-refractivity contribution in [3.05, 3.63) is 45.9 Å². The first-order valence-corrected chi connectivity index (χ1v) is 9.33. The second-order valence-corrected chi connectivity index (χ2v) is 7.24. The number of benzene rings is 1. The molecule has 0 unspecified atom stereocenters. The van der Waals surface area contributed by atoms with Crippen LogP contribution in [0.2, 0.25) is 0 Å². The molecule has 0 radical (unpaired) electrons. The Morgan fingerprint density at radius 3 is 2.86 bits per heavy atom. The SMILES string of the molecule is CCOc1ccc(-c2ccc(C=C3SC(=S)N(CC(=O)O)C3=O)o2)c(N=O)c1. The van der Waals surface area contributed by atoms with Crippen molar-refractivity contribution in [2.45, 2.75) is 6.92 Å². The highest BCUT2D eigenvalue weighted by Crippen LogP contribution is 2.36. The Hall–Kier alpha value is -2.98. The van der Waals surface area contributed by atoms with Crippen molar-refractivity contribution in [1.82, 2.24) is 4.90 Å². The Morgan fingerprint density at radius 2 is 2.18 bits per heavy atom. The van der Waals surface area contributed by atoms with Crippen LogP contribution in [0.3, 0.4) is 0 Å². The van der Waals surface area contributed by atoms with Gasteiger partial charge in [0.05, 0.1) is 11.5 Å². The molecule has 1 N–H and O–H groups in total. The van der Waals surface area contributed by atoms with Gasteiger partial charge in [0.1, 0.15) is 33.8 Å². The number of aliphatic carboxylic acids is 1. The van der Waals surface area contributed by atoms with E-state index >= 15 is 0 Å². The summed E-state index contributed by atoms with van der Waals surface area (Å²) in [4.78, 5) is 35.6. The number of thiocarbonyl (C=S) groups is 1. The number of carboxylic acid groups (broad SMARTS) is 1. The Bertz CT molecular complexity index is 998. The van der Waals surface area contributed by atoms with E-state index in [0.29, 0.717) is 29.4 Å². The van der Waals surface area contributed by atoms with E-state index in [1.54, 1.807) is 24.3 Å². The van der Waals surface area contributed by atoms with Gasteiger partial charge in [-0.2, -0.15) is 0 Å². The molecular formula is C18H14N2O6S2. The maximum absolute atomic E-state index is 12.3. The van der Waals surface area contributed by atoms with Gasteiger partial charge in [-0.05, 0) is 36.4 Å². The van der Waals surface area contributed by atoms with Crippen molar-refractivity contribution in [2.75, 3.05) is 13.2 Å². The van der Waals surface area contributed by atoms with Gasteiger partial charge in [0, 0.05) is 17.7 Å². The lowest BCUT2D eigenvalue weighted by Gasteiger charge is -2.09. The molecule has 1 aromatic carbocycles. The molecule has 0 aliphatic carbocycles. The van der Waals surface area contributed by atoms with Crippen LogP contribution in [0, 0.1) is 4.91 Å². The third kappa shape index (κ3) is 4.12. The molecule has 0 saturated carbocycles. The average Bonchev–Trinajstić information content (AvgIpc) is 3.22. The first-order chi connectivity index (χ1) is 13.4. The molecule has 3 rings (SSSR count). The van der Waals surface area contributed by atoms with Gasteiger partial charge in [-0.15, -0.1) is 4.91 Å². The number of carboxylic acids is 1. The molecule has 1 aliphatic rings. The highest BCUT2D eigenvalue weighted by Gasteiger charge is 2.33. The van der Waals surface area contributed by atoms with Crippen LogP contribution in [0.5, 0.6) is 5.75 Å². The number of nitroso groups, excluding NO2 is 1. The summed E-state index contributed by atoms with van der Waals surface area (Å²) in [6.45, 7) is 1.80. The van der Waals surface area contributed by atoms with Crippen molar-refractivity contribution in [3.63, 3.8) is 0 Å². The maximum Gasteiger partial charge on any atom is 0.323 e. The summed E-state index contributed by atoms with van der Waals surface area (Å²) in [7, 11) is 0. The van der Waals surface area contributed by atoms with Crippen LogP contribution in [0.25, 0.3) is 17.4 Å². The van der Waals surface area contributed by atoms with Gasteiger partial charge in [0.15, 0.2) is 0 Å². The smallest absolute Gasteiger partial charge is 0.323 e. The van der Waals surface area contributed by atoms with E-state index in [1.807, 2.05) is 6.92 Å². The topological polar surface area (TPSA) is 109 Å². The molecule has 1 saturated heterocycles. The van der Waals surface area contributed by atoms with Crippen LogP contribution in [0.1, 0.15) is 12.7 Å². The predicted molar refractivity (Wildman–Crippen MR) is 108 cm³/mol. The average molecular weight is 418 g/mol. The summed E-state index contributed by atoms with van der Waals surface area (Å²) in [6, 6.07) is 8.16. The lowest BCUT2D eigenvalue weighted by molar-refractivity contribution is -0.140. The molecule has 1 aliphatic heterocycles. The molecule has 1 aromatic heterocycles. The number of amides is 1. The number of carbonyl (C=O) groups excluding carboxylic acids is 1. The molecule has 0 spiro atoms. The number of furan rings is 1. The van der Waals surface area contributed by atoms with Gasteiger partial charge >= 0.3 is 5.97 Å². The summed E-state index contributed by atoms with van der Waals surface area (Å²) < 4.78 is 11.2. The molecule has 1 amide bonds. The van der Waals surface area contributed by atoms with Crippen LogP contribution in [-0.2, 0) is 9.59 Å². The summed E-state index contributed by atoms with van der Waals surface area (Å²) in [6.07, 6.45) is 1.48. The number of rotatable bonds is 7. The third-order valence-electron chi connectivity index (χ3n) is 3.71. The maximum atomic E-state index is 12.3. The number of carbonyl (C=O) groups is 2. The van der Waals surface area contributed by atoms with Gasteiger partial charge in [0.25, 0.3) is 5.91 Å². The zero-order valence-corrected chi connectivity index (χ0v) is 16.2. The van der Waals surface area contributed by atoms with Crippen molar-refractivity contribution < 1.29 is 23.8 Å². The lowest BCUT2D eigenvalue weighted by Crippen LogP contribution is -2.33. The Balaban J connectivity index is 1.86. The summed E-state index contributed by atoms with van der Waals surface area (Å²) in [5, 5.41) is 11.9. The Kier molecular flexibility index (Phi) is 5.90. The van der Waals surface area contributed by atoms with E-state index in [1.165, 1.54) is 12.1 Å². The zero-order valence-electron chi connectivity index (χ0n) is 14.6. The Morgan fingerprint density at radius 1 is 1.39 bits per heavy atom. The van der Waals surface area contributed by atoms with Crippen LogP contribution in [-0.4, -0.2) is 39.4 Å². The summed E-state index contributed by atoms with van der Waals surface area (Å²) in [5.41, 5.74) is 0.649. The standard InChI is InChI=1S/C18H14N2O6S2/c1-2-25-10-3-5-12(13(7-10)19-24)14-6-4-11(26-14)8-15-17(23)20(9-16(21)22)18(27)28-15/h3-8H,2,9H2,1H3,(H,21,22). The Labute approximate surface area is 169 Å². The predicted octanol–water partition coefficient (Wildman–Crippen LogP) is 4.03. The second kappa shape index (κ2) is 8.36. The number of thioether (sulfide) groups is 1. The number of nitrogens with zero attached hydrogens (tertiary/aromatic N) is 2. The molecular weight excluding hydrogens is 404 g/mol. The quantitative estimate of drug-likeness (QED) is 0.408. The highest BCUT2D eigenvalue weighted by atomic mass is 32.2. The van der Waals surface area contributed by atoms with E-state index in [9.17, 15) is 14.5 Å². The largest absolute Gasteiger partial charge is 0.494 e. The molecule has 2 heterocycles. The van der Waals surface area contributed by atoms with E-state index in [4.69, 9.17) is 26.5 Å². The number of hydrogen-bond acceptors (Lipinski definition) is 8. The number of ether oxygens (including phenoxy) is 1. The van der Waals surface area contributed by atoms with Crippen LogP contribution in [0.15, 0.2) is 44.8 Å². The zero-order chi connectivity index (χ0) is 20.3. The molecule has 0 bridgehead atoms. The van der Waals surface area contributed by atoms with Crippen LogP contribution in [0.4, 0.5) is 5.69 Å². The molecule has 144 valence electrons. The van der Waals surface area contributed by atoms with Crippen molar-refractivity contribution in [3.8, 4) is 17.1 Å². The van der Waals surface area contributed by atoms with E-state index in [2.05, 4.69) is 5.18 Å². The first kappa shape index (κ1) is 19.8. The lowest BCUT2D eigenvalue weighted by atomic mass is 10.1. The van der Waals surface area contributed by atoms with Crippen LogP contribution < -0.4 is 4.74 Å². The monoisotopic (exact) mass is 418 g/mol. The normalized spacial score (nSPS) is 15.3. The minimum absolute atomic E-state index is 0.166. The minimum atomic E-state index is -1.15. The van der Waals surface area contributed by atoms with Gasteiger partial charge < -0.3 is 14.3 Å². The molecule has 0 atom stereocenters. The summed E-state index contributed by atoms with van der Waals surface area (Å²) in [5.74, 6) is -0.370. The van der Waals surface area contributed by atoms with E-state index in [-0.39, 0.29) is 14.9 Å².